The van der Waals surface area contributed by atoms with Gasteiger partial charge in [0.1, 0.15) is 0 Å². The number of nitrogens with zero attached hydrogens (tertiary/aromatic N) is 3. The number of piperidine rings is 1. The van der Waals surface area contributed by atoms with Gasteiger partial charge < -0.3 is 4.42 Å². The van der Waals surface area contributed by atoms with Crippen LogP contribution in [0.15, 0.2) is 28.7 Å². The molecule has 0 aliphatic carbocycles. The van der Waals surface area contributed by atoms with Crippen LogP contribution < -0.4 is 0 Å². The average Bonchev–Trinajstić information content (AvgIpc) is 3.00. The fourth-order valence-electron chi connectivity index (χ4n) is 2.85. The first-order valence-corrected chi connectivity index (χ1v) is 8.30. The van der Waals surface area contributed by atoms with Gasteiger partial charge in [0, 0.05) is 23.4 Å². The van der Waals surface area contributed by atoms with Crippen LogP contribution in [0.2, 0.25) is 5.02 Å². The summed E-state index contributed by atoms with van der Waals surface area (Å²) in [6, 6.07) is 8.07. The third-order valence-electron chi connectivity index (χ3n) is 4.24. The van der Waals surface area contributed by atoms with E-state index in [2.05, 4.69) is 35.0 Å². The number of likely N-dealkylation sites (tertiary alicyclic amines) is 1. The van der Waals surface area contributed by atoms with Crippen molar-refractivity contribution in [3.05, 3.63) is 46.6 Å². The van der Waals surface area contributed by atoms with Crippen molar-refractivity contribution < 1.29 is 4.42 Å². The van der Waals surface area contributed by atoms with Gasteiger partial charge in [0.15, 0.2) is 0 Å². The maximum Gasteiger partial charge on any atom is 0.219 e. The highest BCUT2D eigenvalue weighted by Crippen LogP contribution is 2.29. The molecule has 1 aromatic carbocycles. The van der Waals surface area contributed by atoms with Gasteiger partial charge in [-0.25, -0.2) is 0 Å². The van der Waals surface area contributed by atoms with Crippen LogP contribution in [0.4, 0.5) is 0 Å². The van der Waals surface area contributed by atoms with Gasteiger partial charge in [0.05, 0.1) is 0 Å². The smallest absolute Gasteiger partial charge is 0.219 e. The van der Waals surface area contributed by atoms with Crippen LogP contribution >= 0.6 is 11.6 Å². The fraction of sp³-hybridized carbons (Fsp3) is 0.529. The zero-order chi connectivity index (χ0) is 15.5. The third kappa shape index (κ3) is 3.50. The maximum absolute atomic E-state index is 6.24. The van der Waals surface area contributed by atoms with E-state index in [1.165, 1.54) is 5.56 Å². The van der Waals surface area contributed by atoms with E-state index in [0.717, 1.165) is 49.3 Å². The molecule has 3 rings (SSSR count). The Hall–Kier alpha value is -1.39. The summed E-state index contributed by atoms with van der Waals surface area (Å²) in [5.74, 6) is 2.23. The second-order valence-electron chi connectivity index (χ2n) is 6.28. The first-order chi connectivity index (χ1) is 10.6. The Balaban J connectivity index is 1.57. The van der Waals surface area contributed by atoms with Crippen molar-refractivity contribution in [1.82, 2.24) is 15.1 Å². The molecule has 1 aromatic heterocycles. The quantitative estimate of drug-likeness (QED) is 0.846. The number of hydrogen-bond acceptors (Lipinski definition) is 4. The molecular formula is C17H22ClN3O. The molecule has 22 heavy (non-hydrogen) atoms. The van der Waals surface area contributed by atoms with Crippen molar-refractivity contribution in [2.75, 3.05) is 13.1 Å². The van der Waals surface area contributed by atoms with Crippen LogP contribution in [0, 0.1) is 0 Å². The van der Waals surface area contributed by atoms with Crippen molar-refractivity contribution in [2.24, 2.45) is 0 Å². The summed E-state index contributed by atoms with van der Waals surface area (Å²) in [5.41, 5.74) is 1.20. The van der Waals surface area contributed by atoms with Crippen LogP contribution in [-0.4, -0.2) is 28.2 Å². The van der Waals surface area contributed by atoms with Gasteiger partial charge >= 0.3 is 0 Å². The van der Waals surface area contributed by atoms with Gasteiger partial charge in [-0.1, -0.05) is 43.6 Å². The zero-order valence-electron chi connectivity index (χ0n) is 13.1. The molecule has 0 N–H and O–H groups in total. The summed E-state index contributed by atoms with van der Waals surface area (Å²) in [6.07, 6.45) is 2.12. The Morgan fingerprint density at radius 1 is 1.23 bits per heavy atom. The average molecular weight is 320 g/mol. The van der Waals surface area contributed by atoms with Gasteiger partial charge in [-0.2, -0.15) is 0 Å². The Labute approximate surface area is 136 Å². The Morgan fingerprint density at radius 2 is 1.95 bits per heavy atom. The monoisotopic (exact) mass is 319 g/mol. The number of hydrogen-bond donors (Lipinski definition) is 0. The van der Waals surface area contributed by atoms with Crippen molar-refractivity contribution in [2.45, 2.75) is 45.1 Å². The van der Waals surface area contributed by atoms with E-state index in [0.29, 0.717) is 11.8 Å². The maximum atomic E-state index is 6.24. The summed E-state index contributed by atoms with van der Waals surface area (Å²) in [7, 11) is 0. The Kier molecular flexibility index (Phi) is 4.79. The Morgan fingerprint density at radius 3 is 2.59 bits per heavy atom. The Bertz CT molecular complexity index is 618. The van der Waals surface area contributed by atoms with Gasteiger partial charge in [0.2, 0.25) is 11.8 Å². The summed E-state index contributed by atoms with van der Waals surface area (Å²) < 4.78 is 5.80. The number of aromatic nitrogens is 2. The molecule has 0 atom stereocenters. The molecule has 0 bridgehead atoms. The van der Waals surface area contributed by atoms with Crippen molar-refractivity contribution in [1.29, 1.82) is 0 Å². The van der Waals surface area contributed by atoms with Crippen molar-refractivity contribution in [3.63, 3.8) is 0 Å². The van der Waals surface area contributed by atoms with Gasteiger partial charge in [0.25, 0.3) is 0 Å². The van der Waals surface area contributed by atoms with Gasteiger partial charge in [-0.15, -0.1) is 10.2 Å². The van der Waals surface area contributed by atoms with E-state index < -0.39 is 0 Å². The van der Waals surface area contributed by atoms with E-state index >= 15 is 0 Å². The molecule has 2 heterocycles. The predicted molar refractivity (Wildman–Crippen MR) is 87.1 cm³/mol. The molecular weight excluding hydrogens is 298 g/mol. The summed E-state index contributed by atoms with van der Waals surface area (Å²) in [4.78, 5) is 2.44. The van der Waals surface area contributed by atoms with Crippen molar-refractivity contribution >= 4 is 11.6 Å². The highest BCUT2D eigenvalue weighted by atomic mass is 35.5. The lowest BCUT2D eigenvalue weighted by Gasteiger charge is -2.30. The molecule has 1 aliphatic rings. The van der Waals surface area contributed by atoms with E-state index in [1.807, 2.05) is 18.2 Å². The number of halogens is 1. The van der Waals surface area contributed by atoms with Crippen LogP contribution in [-0.2, 0) is 6.54 Å². The largest absolute Gasteiger partial charge is 0.425 e. The molecule has 1 aliphatic heterocycles. The molecule has 4 nitrogen and oxygen atoms in total. The minimum atomic E-state index is 0.293. The SMILES string of the molecule is CC(C)c1nnc(C2CCN(Cc3ccccc3Cl)CC2)o1. The topological polar surface area (TPSA) is 42.2 Å². The van der Waals surface area contributed by atoms with Gasteiger partial charge in [-0.3, -0.25) is 4.90 Å². The lowest BCUT2D eigenvalue weighted by molar-refractivity contribution is 0.191. The molecule has 0 amide bonds. The van der Waals surface area contributed by atoms with E-state index in [-0.39, 0.29) is 0 Å². The second-order valence-corrected chi connectivity index (χ2v) is 6.68. The van der Waals surface area contributed by atoms with Gasteiger partial charge in [-0.05, 0) is 37.6 Å². The number of benzene rings is 1. The molecule has 2 aromatic rings. The highest BCUT2D eigenvalue weighted by molar-refractivity contribution is 6.31. The summed E-state index contributed by atoms with van der Waals surface area (Å²) >= 11 is 6.24. The van der Waals surface area contributed by atoms with E-state index in [4.69, 9.17) is 16.0 Å². The third-order valence-corrected chi connectivity index (χ3v) is 4.61. The first-order valence-electron chi connectivity index (χ1n) is 7.92. The molecule has 0 unspecified atom stereocenters. The lowest BCUT2D eigenvalue weighted by Crippen LogP contribution is -2.32. The minimum absolute atomic E-state index is 0.293. The predicted octanol–water partition coefficient (Wildman–Crippen LogP) is 4.23. The summed E-state index contributed by atoms with van der Waals surface area (Å²) in [5, 5.41) is 9.22. The van der Waals surface area contributed by atoms with Crippen LogP contribution in [0.1, 0.15) is 55.9 Å². The van der Waals surface area contributed by atoms with Crippen molar-refractivity contribution in [3.8, 4) is 0 Å². The zero-order valence-corrected chi connectivity index (χ0v) is 13.9. The van der Waals surface area contributed by atoms with Crippen LogP contribution in [0.25, 0.3) is 0 Å². The fourth-order valence-corrected chi connectivity index (χ4v) is 3.05. The first kappa shape index (κ1) is 15.5. The molecule has 118 valence electrons. The second kappa shape index (κ2) is 6.80. The minimum Gasteiger partial charge on any atom is -0.425 e. The van der Waals surface area contributed by atoms with E-state index in [1.54, 1.807) is 0 Å². The van der Waals surface area contributed by atoms with Crippen LogP contribution in [0.3, 0.4) is 0 Å². The molecule has 1 saturated heterocycles. The normalized spacial score (nSPS) is 17.3. The van der Waals surface area contributed by atoms with Crippen LogP contribution in [0.5, 0.6) is 0 Å². The highest BCUT2D eigenvalue weighted by Gasteiger charge is 2.25. The lowest BCUT2D eigenvalue weighted by atomic mass is 9.96. The molecule has 0 radical (unpaired) electrons. The molecule has 1 fully saturated rings. The molecule has 0 spiro atoms. The summed E-state index contributed by atoms with van der Waals surface area (Å²) in [6.45, 7) is 7.13. The standard InChI is InChI=1S/C17H22ClN3O/c1-12(2)16-19-20-17(22-16)13-7-9-21(10-8-13)11-14-5-3-4-6-15(14)18/h3-6,12-13H,7-11H2,1-2H3. The number of rotatable bonds is 4. The van der Waals surface area contributed by atoms with E-state index in [9.17, 15) is 0 Å². The molecule has 0 saturated carbocycles. The molecule has 5 heteroatoms.